The van der Waals surface area contributed by atoms with Crippen LogP contribution in [0, 0.1) is 5.92 Å². The number of aliphatic hydroxyl groups excluding tert-OH is 1. The summed E-state index contributed by atoms with van der Waals surface area (Å²) in [5.74, 6) is 0.295. The van der Waals surface area contributed by atoms with Crippen molar-refractivity contribution in [3.05, 3.63) is 58.6 Å². The molecule has 1 aliphatic rings. The number of hydrogen-bond acceptors (Lipinski definition) is 4. The third-order valence-electron chi connectivity index (χ3n) is 4.86. The van der Waals surface area contributed by atoms with Crippen LogP contribution in [0.3, 0.4) is 0 Å². The summed E-state index contributed by atoms with van der Waals surface area (Å²) >= 11 is 7.68. The highest BCUT2D eigenvalue weighted by Crippen LogP contribution is 2.36. The first-order chi connectivity index (χ1) is 11.7. The molecule has 24 heavy (non-hydrogen) atoms. The minimum atomic E-state index is -0.413. The van der Waals surface area contributed by atoms with Crippen molar-refractivity contribution in [2.75, 3.05) is 18.0 Å². The van der Waals surface area contributed by atoms with Gasteiger partial charge >= 0.3 is 0 Å². The SMILES string of the molecule is OC(c1ccc(Cl)cc1)C1CCN(c2ccnc3ccsc23)CC1. The van der Waals surface area contributed by atoms with Crippen LogP contribution in [0.2, 0.25) is 5.02 Å². The van der Waals surface area contributed by atoms with E-state index in [1.807, 2.05) is 30.5 Å². The Labute approximate surface area is 150 Å². The van der Waals surface area contributed by atoms with Gasteiger partial charge in [-0.05, 0) is 54.0 Å². The summed E-state index contributed by atoms with van der Waals surface area (Å²) in [5, 5.41) is 13.5. The van der Waals surface area contributed by atoms with Gasteiger partial charge in [0.25, 0.3) is 0 Å². The number of pyridine rings is 1. The molecule has 5 heteroatoms. The second-order valence-electron chi connectivity index (χ2n) is 6.29. The molecule has 1 fully saturated rings. The first kappa shape index (κ1) is 15.9. The molecule has 3 nitrogen and oxygen atoms in total. The molecule has 124 valence electrons. The summed E-state index contributed by atoms with van der Waals surface area (Å²) in [4.78, 5) is 6.84. The van der Waals surface area contributed by atoms with Gasteiger partial charge in [0.2, 0.25) is 0 Å². The smallest absolute Gasteiger partial charge is 0.0830 e. The van der Waals surface area contributed by atoms with Gasteiger partial charge < -0.3 is 10.0 Å². The Hall–Kier alpha value is -1.62. The molecule has 1 atom stereocenters. The van der Waals surface area contributed by atoms with Gasteiger partial charge in [-0.3, -0.25) is 4.98 Å². The predicted octanol–water partition coefficient (Wildman–Crippen LogP) is 4.90. The molecule has 1 aromatic carbocycles. The van der Waals surface area contributed by atoms with Crippen LogP contribution in [-0.2, 0) is 0 Å². The zero-order valence-electron chi connectivity index (χ0n) is 13.2. The van der Waals surface area contributed by atoms with Crippen molar-refractivity contribution in [3.8, 4) is 0 Å². The molecule has 3 aromatic rings. The van der Waals surface area contributed by atoms with Crippen molar-refractivity contribution < 1.29 is 5.11 Å². The van der Waals surface area contributed by atoms with Crippen LogP contribution in [-0.4, -0.2) is 23.2 Å². The van der Waals surface area contributed by atoms with E-state index in [2.05, 4.69) is 27.4 Å². The highest BCUT2D eigenvalue weighted by molar-refractivity contribution is 7.17. The predicted molar refractivity (Wildman–Crippen MR) is 101 cm³/mol. The van der Waals surface area contributed by atoms with Crippen LogP contribution in [0.5, 0.6) is 0 Å². The Balaban J connectivity index is 1.47. The average Bonchev–Trinajstić information content (AvgIpc) is 3.11. The van der Waals surface area contributed by atoms with Gasteiger partial charge in [-0.1, -0.05) is 23.7 Å². The molecule has 0 saturated carbocycles. The number of benzene rings is 1. The van der Waals surface area contributed by atoms with Gasteiger partial charge in [0.1, 0.15) is 0 Å². The molecule has 1 unspecified atom stereocenters. The van der Waals surface area contributed by atoms with Crippen LogP contribution in [0.25, 0.3) is 10.2 Å². The molecule has 1 aliphatic heterocycles. The van der Waals surface area contributed by atoms with Crippen LogP contribution >= 0.6 is 22.9 Å². The molecule has 0 spiro atoms. The van der Waals surface area contributed by atoms with Gasteiger partial charge in [0.05, 0.1) is 22.0 Å². The van der Waals surface area contributed by atoms with E-state index in [9.17, 15) is 5.11 Å². The first-order valence-electron chi connectivity index (χ1n) is 8.23. The molecular formula is C19H19ClN2OS. The maximum atomic E-state index is 10.7. The van der Waals surface area contributed by atoms with Crippen molar-refractivity contribution in [1.29, 1.82) is 0 Å². The van der Waals surface area contributed by atoms with Crippen molar-refractivity contribution in [2.45, 2.75) is 18.9 Å². The zero-order chi connectivity index (χ0) is 16.5. The summed E-state index contributed by atoms with van der Waals surface area (Å²) in [6.07, 6.45) is 3.44. The fourth-order valence-corrected chi connectivity index (χ4v) is 4.52. The first-order valence-corrected chi connectivity index (χ1v) is 9.49. The molecule has 0 amide bonds. The summed E-state index contributed by atoms with van der Waals surface area (Å²) in [6, 6.07) is 11.7. The Kier molecular flexibility index (Phi) is 4.44. The number of halogens is 1. The molecule has 2 aromatic heterocycles. The second kappa shape index (κ2) is 6.71. The second-order valence-corrected chi connectivity index (χ2v) is 7.64. The third-order valence-corrected chi connectivity index (χ3v) is 6.04. The van der Waals surface area contributed by atoms with Crippen LogP contribution in [0.4, 0.5) is 5.69 Å². The largest absolute Gasteiger partial charge is 0.388 e. The van der Waals surface area contributed by atoms with E-state index in [4.69, 9.17) is 11.6 Å². The van der Waals surface area contributed by atoms with Gasteiger partial charge in [0, 0.05) is 24.3 Å². The number of aromatic nitrogens is 1. The highest BCUT2D eigenvalue weighted by atomic mass is 35.5. The number of rotatable bonds is 3. The van der Waals surface area contributed by atoms with Crippen LogP contribution in [0.15, 0.2) is 48.0 Å². The molecule has 0 bridgehead atoms. The average molecular weight is 359 g/mol. The number of piperidine rings is 1. The molecule has 3 heterocycles. The van der Waals surface area contributed by atoms with Gasteiger partial charge in [-0.2, -0.15) is 0 Å². The Morgan fingerprint density at radius 2 is 1.88 bits per heavy atom. The highest BCUT2D eigenvalue weighted by Gasteiger charge is 2.27. The van der Waals surface area contributed by atoms with Crippen LogP contribution in [0.1, 0.15) is 24.5 Å². The lowest BCUT2D eigenvalue weighted by Gasteiger charge is -2.36. The van der Waals surface area contributed by atoms with Gasteiger partial charge in [0.15, 0.2) is 0 Å². The normalized spacial score (nSPS) is 17.3. The lowest BCUT2D eigenvalue weighted by Crippen LogP contribution is -2.35. The van der Waals surface area contributed by atoms with E-state index < -0.39 is 6.10 Å². The number of thiophene rings is 1. The molecule has 1 N–H and O–H groups in total. The molecular weight excluding hydrogens is 340 g/mol. The lowest BCUT2D eigenvalue weighted by atomic mass is 9.87. The van der Waals surface area contributed by atoms with Gasteiger partial charge in [-0.25, -0.2) is 0 Å². The Morgan fingerprint density at radius 1 is 1.12 bits per heavy atom. The van der Waals surface area contributed by atoms with E-state index in [0.717, 1.165) is 37.0 Å². The zero-order valence-corrected chi connectivity index (χ0v) is 14.8. The minimum absolute atomic E-state index is 0.295. The monoisotopic (exact) mass is 358 g/mol. The molecule has 4 rings (SSSR count). The molecule has 0 radical (unpaired) electrons. The van der Waals surface area contributed by atoms with Crippen molar-refractivity contribution in [1.82, 2.24) is 4.98 Å². The molecule has 1 saturated heterocycles. The molecule has 0 aliphatic carbocycles. The summed E-state index contributed by atoms with van der Waals surface area (Å²) in [5.41, 5.74) is 3.30. The topological polar surface area (TPSA) is 36.4 Å². The maximum Gasteiger partial charge on any atom is 0.0830 e. The number of anilines is 1. The summed E-state index contributed by atoms with van der Waals surface area (Å²) in [7, 11) is 0. The number of hydrogen-bond donors (Lipinski definition) is 1. The quantitative estimate of drug-likeness (QED) is 0.723. The van der Waals surface area contributed by atoms with Gasteiger partial charge in [-0.15, -0.1) is 11.3 Å². The fraction of sp³-hybridized carbons (Fsp3) is 0.316. The summed E-state index contributed by atoms with van der Waals surface area (Å²) in [6.45, 7) is 1.93. The van der Waals surface area contributed by atoms with E-state index >= 15 is 0 Å². The number of nitrogens with zero attached hydrogens (tertiary/aromatic N) is 2. The standard InChI is InChI=1S/C19H19ClN2OS/c20-15-3-1-13(2-4-15)18(23)14-6-10-22(11-7-14)17-5-9-21-16-8-12-24-19(16)17/h1-5,8-9,12,14,18,23H,6-7,10-11H2. The van der Waals surface area contributed by atoms with Crippen LogP contribution < -0.4 is 4.90 Å². The van der Waals surface area contributed by atoms with E-state index in [-0.39, 0.29) is 0 Å². The van der Waals surface area contributed by atoms with Crippen molar-refractivity contribution in [3.63, 3.8) is 0 Å². The van der Waals surface area contributed by atoms with E-state index in [1.165, 1.54) is 10.4 Å². The lowest BCUT2D eigenvalue weighted by molar-refractivity contribution is 0.0930. The summed E-state index contributed by atoms with van der Waals surface area (Å²) < 4.78 is 1.26. The third kappa shape index (κ3) is 3.02. The Morgan fingerprint density at radius 3 is 2.62 bits per heavy atom. The maximum absolute atomic E-state index is 10.7. The number of fused-ring (bicyclic) bond motifs is 1. The minimum Gasteiger partial charge on any atom is -0.388 e. The van der Waals surface area contributed by atoms with E-state index in [0.29, 0.717) is 10.9 Å². The van der Waals surface area contributed by atoms with E-state index in [1.54, 1.807) is 11.3 Å². The van der Waals surface area contributed by atoms with Crippen molar-refractivity contribution in [2.24, 2.45) is 5.92 Å². The number of aliphatic hydroxyl groups is 1. The fourth-order valence-electron chi connectivity index (χ4n) is 3.50. The van der Waals surface area contributed by atoms with Crippen molar-refractivity contribution >= 4 is 38.8 Å². The Bertz CT molecular complexity index is 825.